The molecule has 2 aliphatic heterocycles. The van der Waals surface area contributed by atoms with Crippen LogP contribution in [-0.4, -0.2) is 42.3 Å². The summed E-state index contributed by atoms with van der Waals surface area (Å²) in [5.41, 5.74) is 2.11. The van der Waals surface area contributed by atoms with Gasteiger partial charge in [-0.15, -0.1) is 0 Å². The van der Waals surface area contributed by atoms with Gasteiger partial charge in [-0.3, -0.25) is 14.4 Å². The molecule has 0 aromatic heterocycles. The summed E-state index contributed by atoms with van der Waals surface area (Å²) in [6.07, 6.45) is 4.14. The zero-order valence-corrected chi connectivity index (χ0v) is 17.3. The molecule has 0 radical (unpaired) electrons. The maximum Gasteiger partial charge on any atom is 0.262 e. The SMILES string of the molecule is O=C1Nc2cc(C(=O)NCCCN3CCCC3=O)ccc2S/C1=C\c1ccccc1. The average molecular weight is 422 g/mol. The minimum Gasteiger partial charge on any atom is -0.352 e. The first-order valence-electron chi connectivity index (χ1n) is 10.1. The molecule has 0 spiro atoms. The van der Waals surface area contributed by atoms with Gasteiger partial charge >= 0.3 is 0 Å². The lowest BCUT2D eigenvalue weighted by molar-refractivity contribution is -0.127. The lowest BCUT2D eigenvalue weighted by Crippen LogP contribution is -2.30. The Labute approximate surface area is 179 Å². The Balaban J connectivity index is 1.35. The highest BCUT2D eigenvalue weighted by Crippen LogP contribution is 2.39. The van der Waals surface area contributed by atoms with Gasteiger partial charge in [0.2, 0.25) is 5.91 Å². The van der Waals surface area contributed by atoms with Crippen LogP contribution in [0, 0.1) is 0 Å². The Morgan fingerprint density at radius 3 is 2.77 bits per heavy atom. The van der Waals surface area contributed by atoms with Crippen molar-refractivity contribution in [3.05, 3.63) is 64.6 Å². The second-order valence-corrected chi connectivity index (χ2v) is 8.36. The van der Waals surface area contributed by atoms with Crippen LogP contribution < -0.4 is 10.6 Å². The first-order chi connectivity index (χ1) is 14.6. The van der Waals surface area contributed by atoms with E-state index in [1.54, 1.807) is 12.1 Å². The number of likely N-dealkylation sites (tertiary alicyclic amines) is 1. The number of anilines is 1. The van der Waals surface area contributed by atoms with Crippen molar-refractivity contribution < 1.29 is 14.4 Å². The molecule has 2 aromatic rings. The van der Waals surface area contributed by atoms with Crippen molar-refractivity contribution in [2.45, 2.75) is 24.2 Å². The molecule has 1 saturated heterocycles. The number of rotatable bonds is 6. The molecule has 0 aliphatic carbocycles. The number of fused-ring (bicyclic) bond motifs is 1. The lowest BCUT2D eigenvalue weighted by atomic mass is 10.1. The van der Waals surface area contributed by atoms with Crippen LogP contribution >= 0.6 is 11.8 Å². The third-order valence-corrected chi connectivity index (χ3v) is 6.19. The van der Waals surface area contributed by atoms with Crippen LogP contribution in [0.1, 0.15) is 35.2 Å². The molecule has 0 unspecified atom stereocenters. The van der Waals surface area contributed by atoms with E-state index in [1.165, 1.54) is 11.8 Å². The molecule has 2 N–H and O–H groups in total. The monoisotopic (exact) mass is 421 g/mol. The van der Waals surface area contributed by atoms with Crippen molar-refractivity contribution in [2.24, 2.45) is 0 Å². The van der Waals surface area contributed by atoms with E-state index >= 15 is 0 Å². The number of benzene rings is 2. The highest BCUT2D eigenvalue weighted by Gasteiger charge is 2.22. The van der Waals surface area contributed by atoms with Gasteiger partial charge in [0.25, 0.3) is 11.8 Å². The van der Waals surface area contributed by atoms with E-state index in [0.717, 1.165) is 29.8 Å². The van der Waals surface area contributed by atoms with Gasteiger partial charge in [-0.25, -0.2) is 0 Å². The molecular weight excluding hydrogens is 398 g/mol. The van der Waals surface area contributed by atoms with Gasteiger partial charge in [-0.2, -0.15) is 0 Å². The predicted octanol–water partition coefficient (Wildman–Crippen LogP) is 3.51. The lowest BCUT2D eigenvalue weighted by Gasteiger charge is -2.19. The molecule has 3 amide bonds. The van der Waals surface area contributed by atoms with Gasteiger partial charge < -0.3 is 15.5 Å². The minimum atomic E-state index is -0.185. The second kappa shape index (κ2) is 9.17. The average Bonchev–Trinajstić information content (AvgIpc) is 3.16. The first-order valence-corrected chi connectivity index (χ1v) is 10.9. The maximum absolute atomic E-state index is 12.5. The summed E-state index contributed by atoms with van der Waals surface area (Å²) in [5.74, 6) is -0.162. The van der Waals surface area contributed by atoms with E-state index in [-0.39, 0.29) is 17.7 Å². The third-order valence-electron chi connectivity index (χ3n) is 5.09. The number of hydrogen-bond donors (Lipinski definition) is 2. The fourth-order valence-electron chi connectivity index (χ4n) is 3.52. The maximum atomic E-state index is 12.5. The fraction of sp³-hybridized carbons (Fsp3) is 0.261. The summed E-state index contributed by atoms with van der Waals surface area (Å²) in [6.45, 7) is 1.99. The number of thioether (sulfide) groups is 1. The first kappa shape index (κ1) is 20.2. The molecule has 2 heterocycles. The molecule has 1 fully saturated rings. The van der Waals surface area contributed by atoms with Crippen molar-refractivity contribution in [1.29, 1.82) is 0 Å². The molecular formula is C23H23N3O3S. The summed E-state index contributed by atoms with van der Waals surface area (Å²) in [6, 6.07) is 15.0. The molecule has 154 valence electrons. The van der Waals surface area contributed by atoms with Gasteiger partial charge in [0, 0.05) is 36.5 Å². The standard InChI is InChI=1S/C23H23N3O3S/c27-21-8-4-12-26(21)13-5-11-24-22(28)17-9-10-19-18(15-17)25-23(29)20(30-19)14-16-6-2-1-3-7-16/h1-3,6-7,9-10,14-15H,4-5,8,11-13H2,(H,24,28)(H,25,29)/b20-14-. The van der Waals surface area contributed by atoms with E-state index in [9.17, 15) is 14.4 Å². The number of nitrogens with one attached hydrogen (secondary N) is 2. The summed E-state index contributed by atoms with van der Waals surface area (Å²) < 4.78 is 0. The van der Waals surface area contributed by atoms with E-state index in [2.05, 4.69) is 10.6 Å². The van der Waals surface area contributed by atoms with Crippen molar-refractivity contribution >= 4 is 41.2 Å². The Bertz CT molecular complexity index is 1000. The third kappa shape index (κ3) is 4.74. The number of nitrogens with zero attached hydrogens (tertiary/aromatic N) is 1. The molecule has 30 heavy (non-hydrogen) atoms. The van der Waals surface area contributed by atoms with Crippen LogP contribution in [0.25, 0.3) is 6.08 Å². The fourth-order valence-corrected chi connectivity index (χ4v) is 4.45. The molecule has 7 heteroatoms. The molecule has 0 atom stereocenters. The summed E-state index contributed by atoms with van der Waals surface area (Å²) in [7, 11) is 0. The van der Waals surface area contributed by atoms with E-state index < -0.39 is 0 Å². The summed E-state index contributed by atoms with van der Waals surface area (Å²) in [4.78, 5) is 39.9. The van der Waals surface area contributed by atoms with Crippen molar-refractivity contribution in [1.82, 2.24) is 10.2 Å². The predicted molar refractivity (Wildman–Crippen MR) is 118 cm³/mol. The van der Waals surface area contributed by atoms with Gasteiger partial charge in [-0.05, 0) is 42.7 Å². The summed E-state index contributed by atoms with van der Waals surface area (Å²) >= 11 is 1.40. The van der Waals surface area contributed by atoms with Crippen LogP contribution in [0.15, 0.2) is 58.3 Å². The number of carbonyl (C=O) groups excluding carboxylic acids is 3. The van der Waals surface area contributed by atoms with Gasteiger partial charge in [0.15, 0.2) is 0 Å². The van der Waals surface area contributed by atoms with Crippen LogP contribution in [-0.2, 0) is 9.59 Å². The van der Waals surface area contributed by atoms with Crippen LogP contribution in [0.5, 0.6) is 0 Å². The zero-order valence-electron chi connectivity index (χ0n) is 16.5. The van der Waals surface area contributed by atoms with Crippen molar-refractivity contribution in [3.8, 4) is 0 Å². The summed E-state index contributed by atoms with van der Waals surface area (Å²) in [5, 5.41) is 5.77. The normalized spacial score (nSPS) is 17.1. The second-order valence-electron chi connectivity index (χ2n) is 7.28. The molecule has 0 saturated carbocycles. The quantitative estimate of drug-likeness (QED) is 0.553. The van der Waals surface area contributed by atoms with Crippen molar-refractivity contribution in [3.63, 3.8) is 0 Å². The molecule has 0 bridgehead atoms. The minimum absolute atomic E-state index is 0.177. The molecule has 2 aliphatic rings. The van der Waals surface area contributed by atoms with Gasteiger partial charge in [-0.1, -0.05) is 42.1 Å². The van der Waals surface area contributed by atoms with E-state index in [0.29, 0.717) is 35.7 Å². The van der Waals surface area contributed by atoms with Crippen molar-refractivity contribution in [2.75, 3.05) is 25.0 Å². The smallest absolute Gasteiger partial charge is 0.262 e. The molecule has 2 aromatic carbocycles. The Morgan fingerprint density at radius 2 is 2.00 bits per heavy atom. The topological polar surface area (TPSA) is 78.5 Å². The molecule has 6 nitrogen and oxygen atoms in total. The number of hydrogen-bond acceptors (Lipinski definition) is 4. The van der Waals surface area contributed by atoms with E-state index in [1.807, 2.05) is 47.4 Å². The highest BCUT2D eigenvalue weighted by atomic mass is 32.2. The van der Waals surface area contributed by atoms with Gasteiger partial charge in [0.05, 0.1) is 10.6 Å². The zero-order chi connectivity index (χ0) is 20.9. The van der Waals surface area contributed by atoms with Crippen LogP contribution in [0.4, 0.5) is 5.69 Å². The molecule has 4 rings (SSSR count). The van der Waals surface area contributed by atoms with Crippen LogP contribution in [0.3, 0.4) is 0 Å². The Hall–Kier alpha value is -3.06. The largest absolute Gasteiger partial charge is 0.352 e. The number of carbonyl (C=O) groups is 3. The highest BCUT2D eigenvalue weighted by molar-refractivity contribution is 8.04. The Morgan fingerprint density at radius 1 is 1.17 bits per heavy atom. The number of amides is 3. The Kier molecular flexibility index (Phi) is 6.18. The van der Waals surface area contributed by atoms with Crippen LogP contribution in [0.2, 0.25) is 0 Å². The van der Waals surface area contributed by atoms with Gasteiger partial charge in [0.1, 0.15) is 0 Å². The van der Waals surface area contributed by atoms with E-state index in [4.69, 9.17) is 0 Å².